The van der Waals surface area contributed by atoms with E-state index < -0.39 is 0 Å². The largest absolute Gasteiger partial charge is 0.354 e. The number of aromatic nitrogens is 1. The number of benzene rings is 2. The second-order valence-corrected chi connectivity index (χ2v) is 7.01. The molecular formula is C23H23N3O2. The highest BCUT2D eigenvalue weighted by molar-refractivity contribution is 5.95. The van der Waals surface area contributed by atoms with E-state index in [2.05, 4.69) is 5.32 Å². The van der Waals surface area contributed by atoms with E-state index in [-0.39, 0.29) is 24.3 Å². The lowest BCUT2D eigenvalue weighted by Crippen LogP contribution is -2.37. The Morgan fingerprint density at radius 1 is 0.964 bits per heavy atom. The molecule has 0 saturated carbocycles. The molecule has 2 amide bonds. The van der Waals surface area contributed by atoms with Gasteiger partial charge in [-0.3, -0.25) is 9.59 Å². The van der Waals surface area contributed by atoms with Crippen LogP contribution in [0.2, 0.25) is 0 Å². The second kappa shape index (κ2) is 7.72. The molecule has 1 aromatic heterocycles. The molecule has 5 nitrogen and oxygen atoms in total. The number of carbonyl (C=O) groups is 2. The summed E-state index contributed by atoms with van der Waals surface area (Å²) >= 11 is 0. The molecule has 0 spiro atoms. The maximum Gasteiger partial charge on any atom is 0.271 e. The Hall–Kier alpha value is -3.34. The Kier molecular flexibility index (Phi) is 4.98. The molecule has 142 valence electrons. The highest BCUT2D eigenvalue weighted by atomic mass is 16.2. The van der Waals surface area contributed by atoms with Crippen LogP contribution in [0.4, 0.5) is 0 Å². The lowest BCUT2D eigenvalue weighted by molar-refractivity contribution is -0.121. The Morgan fingerprint density at radius 3 is 2.36 bits per heavy atom. The van der Waals surface area contributed by atoms with Crippen LogP contribution < -0.4 is 5.32 Å². The van der Waals surface area contributed by atoms with Crippen LogP contribution >= 0.6 is 0 Å². The first kappa shape index (κ1) is 18.0. The highest BCUT2D eigenvalue weighted by Gasteiger charge is 2.31. The third-order valence-electron chi connectivity index (χ3n) is 5.29. The van der Waals surface area contributed by atoms with Crippen molar-refractivity contribution in [3.8, 4) is 11.3 Å². The zero-order valence-corrected chi connectivity index (χ0v) is 15.8. The van der Waals surface area contributed by atoms with Crippen molar-refractivity contribution in [3.05, 3.63) is 84.1 Å². The van der Waals surface area contributed by atoms with Gasteiger partial charge in [-0.2, -0.15) is 0 Å². The van der Waals surface area contributed by atoms with Crippen molar-refractivity contribution >= 4 is 11.8 Å². The summed E-state index contributed by atoms with van der Waals surface area (Å²) in [6.45, 7) is 0.944. The zero-order chi connectivity index (χ0) is 19.5. The molecule has 0 aliphatic carbocycles. The third kappa shape index (κ3) is 3.43. The van der Waals surface area contributed by atoms with E-state index in [0.29, 0.717) is 18.8 Å². The number of hydrogen-bond donors (Lipinski definition) is 1. The fourth-order valence-electron chi connectivity index (χ4n) is 3.82. The van der Waals surface area contributed by atoms with Crippen molar-refractivity contribution in [2.75, 3.05) is 13.1 Å². The number of nitrogens with zero attached hydrogens (tertiary/aromatic N) is 2. The van der Waals surface area contributed by atoms with Gasteiger partial charge >= 0.3 is 0 Å². The van der Waals surface area contributed by atoms with Gasteiger partial charge in [-0.25, -0.2) is 0 Å². The smallest absolute Gasteiger partial charge is 0.271 e. The first-order valence-electron chi connectivity index (χ1n) is 9.49. The van der Waals surface area contributed by atoms with Gasteiger partial charge < -0.3 is 14.8 Å². The topological polar surface area (TPSA) is 54.3 Å². The number of hydrogen-bond acceptors (Lipinski definition) is 2. The van der Waals surface area contributed by atoms with Crippen molar-refractivity contribution in [2.24, 2.45) is 7.05 Å². The van der Waals surface area contributed by atoms with Crippen LogP contribution in [-0.4, -0.2) is 34.4 Å². The Bertz CT molecular complexity index is 980. The average molecular weight is 373 g/mol. The fourth-order valence-corrected chi connectivity index (χ4v) is 3.82. The third-order valence-corrected chi connectivity index (χ3v) is 5.29. The summed E-state index contributed by atoms with van der Waals surface area (Å²) in [5, 5.41) is 2.89. The van der Waals surface area contributed by atoms with Crippen LogP contribution in [0, 0.1) is 0 Å². The van der Waals surface area contributed by atoms with Crippen LogP contribution in [0.25, 0.3) is 11.3 Å². The van der Waals surface area contributed by atoms with E-state index in [4.69, 9.17) is 0 Å². The quantitative estimate of drug-likeness (QED) is 0.765. The maximum absolute atomic E-state index is 13.5. The lowest BCUT2D eigenvalue weighted by atomic mass is 10.0. The van der Waals surface area contributed by atoms with Crippen LogP contribution in [-0.2, 0) is 11.8 Å². The number of amides is 2. The zero-order valence-electron chi connectivity index (χ0n) is 15.8. The molecule has 0 bridgehead atoms. The normalized spacial score (nSPS) is 17.1. The minimum Gasteiger partial charge on any atom is -0.354 e. The predicted octanol–water partition coefficient (Wildman–Crippen LogP) is 3.40. The van der Waals surface area contributed by atoms with Gasteiger partial charge in [0, 0.05) is 25.8 Å². The van der Waals surface area contributed by atoms with Gasteiger partial charge in [-0.15, -0.1) is 0 Å². The van der Waals surface area contributed by atoms with Crippen LogP contribution in [0.1, 0.15) is 28.5 Å². The Labute approximate surface area is 164 Å². The first-order chi connectivity index (χ1) is 13.6. The van der Waals surface area contributed by atoms with E-state index in [1.807, 2.05) is 89.3 Å². The molecule has 0 radical (unpaired) electrons. The van der Waals surface area contributed by atoms with Crippen molar-refractivity contribution in [3.63, 3.8) is 0 Å². The Morgan fingerprint density at radius 2 is 1.64 bits per heavy atom. The van der Waals surface area contributed by atoms with Crippen molar-refractivity contribution in [1.82, 2.24) is 14.8 Å². The molecule has 1 unspecified atom stereocenters. The monoisotopic (exact) mass is 373 g/mol. The fraction of sp³-hybridized carbons (Fsp3) is 0.217. The van der Waals surface area contributed by atoms with E-state index in [1.54, 1.807) is 0 Å². The van der Waals surface area contributed by atoms with Crippen molar-refractivity contribution < 1.29 is 9.59 Å². The summed E-state index contributed by atoms with van der Waals surface area (Å²) in [5.74, 6) is -0.0870. The molecule has 1 saturated heterocycles. The van der Waals surface area contributed by atoms with E-state index in [9.17, 15) is 9.59 Å². The van der Waals surface area contributed by atoms with E-state index >= 15 is 0 Å². The van der Waals surface area contributed by atoms with Crippen molar-refractivity contribution in [2.45, 2.75) is 12.5 Å². The number of rotatable bonds is 3. The minimum atomic E-state index is -0.272. The predicted molar refractivity (Wildman–Crippen MR) is 109 cm³/mol. The van der Waals surface area contributed by atoms with Gasteiger partial charge in [-0.1, -0.05) is 60.7 Å². The molecule has 1 fully saturated rings. The Balaban J connectivity index is 1.69. The first-order valence-corrected chi connectivity index (χ1v) is 9.49. The van der Waals surface area contributed by atoms with Crippen LogP contribution in [0.5, 0.6) is 0 Å². The highest BCUT2D eigenvalue weighted by Crippen LogP contribution is 2.29. The summed E-state index contributed by atoms with van der Waals surface area (Å²) in [5.41, 5.74) is 3.65. The molecule has 3 aromatic rings. The van der Waals surface area contributed by atoms with Crippen molar-refractivity contribution in [1.29, 1.82) is 0 Å². The molecule has 2 heterocycles. The second-order valence-electron chi connectivity index (χ2n) is 7.01. The maximum atomic E-state index is 13.5. The summed E-state index contributed by atoms with van der Waals surface area (Å²) < 4.78 is 1.93. The molecule has 1 atom stereocenters. The van der Waals surface area contributed by atoms with Gasteiger partial charge in [0.1, 0.15) is 5.69 Å². The van der Waals surface area contributed by atoms with Gasteiger partial charge in [0.05, 0.1) is 12.5 Å². The van der Waals surface area contributed by atoms with Gasteiger partial charge in [0.15, 0.2) is 0 Å². The molecule has 1 N–H and O–H groups in total. The SMILES string of the molecule is Cn1c(C(=O)N2CCNC(=O)CC2c2ccccc2)ccc1-c1ccccc1. The summed E-state index contributed by atoms with van der Waals surface area (Å²) in [6, 6.07) is 23.4. The van der Waals surface area contributed by atoms with Gasteiger partial charge in [-0.05, 0) is 23.3 Å². The number of nitrogens with one attached hydrogen (secondary N) is 1. The molecule has 4 rings (SSSR count). The molecule has 1 aliphatic heterocycles. The number of carbonyl (C=O) groups excluding carboxylic acids is 2. The van der Waals surface area contributed by atoms with Gasteiger partial charge in [0.25, 0.3) is 5.91 Å². The lowest BCUT2D eigenvalue weighted by Gasteiger charge is -2.29. The molecular weight excluding hydrogens is 350 g/mol. The van der Waals surface area contributed by atoms with E-state index in [0.717, 1.165) is 16.8 Å². The molecule has 1 aliphatic rings. The van der Waals surface area contributed by atoms with E-state index in [1.165, 1.54) is 0 Å². The molecule has 5 heteroatoms. The summed E-state index contributed by atoms with van der Waals surface area (Å²) in [6.07, 6.45) is 0.270. The summed E-state index contributed by atoms with van der Waals surface area (Å²) in [7, 11) is 1.91. The summed E-state index contributed by atoms with van der Waals surface area (Å²) in [4.78, 5) is 27.5. The van der Waals surface area contributed by atoms with Crippen LogP contribution in [0.3, 0.4) is 0 Å². The standard InChI is InChI=1S/C23H23N3O2/c1-25-19(17-8-4-2-5-9-17)12-13-20(25)23(28)26-15-14-24-22(27)16-21(26)18-10-6-3-7-11-18/h2-13,21H,14-16H2,1H3,(H,24,27). The van der Waals surface area contributed by atoms with Gasteiger partial charge in [0.2, 0.25) is 5.91 Å². The minimum absolute atomic E-state index is 0.0268. The average Bonchev–Trinajstić information content (AvgIpc) is 3.00. The molecule has 28 heavy (non-hydrogen) atoms. The van der Waals surface area contributed by atoms with Crippen LogP contribution in [0.15, 0.2) is 72.8 Å². The molecule has 2 aromatic carbocycles.